The predicted molar refractivity (Wildman–Crippen MR) is 59.4 cm³/mol. The van der Waals surface area contributed by atoms with Gasteiger partial charge in [0.15, 0.2) is 11.5 Å². The summed E-state index contributed by atoms with van der Waals surface area (Å²) in [4.78, 5) is 0. The second-order valence-corrected chi connectivity index (χ2v) is 4.91. The van der Waals surface area contributed by atoms with Gasteiger partial charge in [-0.2, -0.15) is 0 Å². The maximum atomic E-state index is 9.61. The lowest BCUT2D eigenvalue weighted by molar-refractivity contribution is 0.393. The average molecular weight is 260 g/mol. The van der Waals surface area contributed by atoms with Crippen molar-refractivity contribution in [1.82, 2.24) is 0 Å². The van der Waals surface area contributed by atoms with Gasteiger partial charge in [0.2, 0.25) is 0 Å². The fourth-order valence-corrected chi connectivity index (χ4v) is 1.68. The van der Waals surface area contributed by atoms with Crippen LogP contribution in [0.3, 0.4) is 0 Å². The van der Waals surface area contributed by atoms with Crippen LogP contribution >= 0.6 is 15.9 Å². The first kappa shape index (κ1) is 11.3. The summed E-state index contributed by atoms with van der Waals surface area (Å²) < 4.78 is 0.756. The van der Waals surface area contributed by atoms with Crippen molar-refractivity contribution in [2.75, 3.05) is 0 Å². The molecule has 78 valence electrons. The second-order valence-electron chi connectivity index (χ2n) is 4.06. The van der Waals surface area contributed by atoms with Crippen LogP contribution in [0.1, 0.15) is 19.4 Å². The number of halogens is 1. The van der Waals surface area contributed by atoms with E-state index in [1.807, 2.05) is 13.8 Å². The predicted octanol–water partition coefficient (Wildman–Crippen LogP) is 2.14. The highest BCUT2D eigenvalue weighted by molar-refractivity contribution is 9.10. The standard InChI is InChI=1S/C10H14BrNO2/c1-10(2,12)5-6-7(11)3-4-8(13)9(6)14/h3-4,13-14H,5,12H2,1-2H3. The Morgan fingerprint density at radius 2 is 1.93 bits per heavy atom. The van der Waals surface area contributed by atoms with Crippen molar-refractivity contribution >= 4 is 15.9 Å². The lowest BCUT2D eigenvalue weighted by Crippen LogP contribution is -2.34. The molecule has 0 heterocycles. The fraction of sp³-hybridized carbons (Fsp3) is 0.400. The van der Waals surface area contributed by atoms with Gasteiger partial charge >= 0.3 is 0 Å². The summed E-state index contributed by atoms with van der Waals surface area (Å²) in [5, 5.41) is 18.9. The van der Waals surface area contributed by atoms with E-state index in [-0.39, 0.29) is 11.5 Å². The maximum Gasteiger partial charge on any atom is 0.161 e. The summed E-state index contributed by atoms with van der Waals surface area (Å²) >= 11 is 3.31. The first-order valence-corrected chi connectivity index (χ1v) is 5.09. The Morgan fingerprint density at radius 1 is 1.36 bits per heavy atom. The zero-order valence-corrected chi connectivity index (χ0v) is 9.80. The molecule has 0 aliphatic rings. The molecular formula is C10H14BrNO2. The number of phenols is 2. The molecule has 1 rings (SSSR count). The van der Waals surface area contributed by atoms with Gasteiger partial charge in [0.1, 0.15) is 0 Å². The van der Waals surface area contributed by atoms with Crippen molar-refractivity contribution in [3.63, 3.8) is 0 Å². The summed E-state index contributed by atoms with van der Waals surface area (Å²) in [5.74, 6) is -0.217. The van der Waals surface area contributed by atoms with Crippen LogP contribution in [0.2, 0.25) is 0 Å². The van der Waals surface area contributed by atoms with Crippen LogP contribution < -0.4 is 5.73 Å². The Morgan fingerprint density at radius 3 is 2.43 bits per heavy atom. The minimum atomic E-state index is -0.423. The van der Waals surface area contributed by atoms with Gasteiger partial charge in [-0.05, 0) is 32.4 Å². The molecule has 0 spiro atoms. The summed E-state index contributed by atoms with van der Waals surface area (Å²) in [7, 11) is 0. The summed E-state index contributed by atoms with van der Waals surface area (Å²) in [5.41, 5.74) is 6.06. The van der Waals surface area contributed by atoms with E-state index in [0.717, 1.165) is 4.47 Å². The summed E-state index contributed by atoms with van der Waals surface area (Å²) in [6, 6.07) is 3.13. The highest BCUT2D eigenvalue weighted by Crippen LogP contribution is 2.35. The van der Waals surface area contributed by atoms with Gasteiger partial charge in [0.05, 0.1) is 0 Å². The molecule has 1 aromatic carbocycles. The quantitative estimate of drug-likeness (QED) is 0.714. The van der Waals surface area contributed by atoms with Gasteiger partial charge in [-0.1, -0.05) is 15.9 Å². The molecule has 0 unspecified atom stereocenters. The van der Waals surface area contributed by atoms with Crippen LogP contribution in [0, 0.1) is 0 Å². The second kappa shape index (κ2) is 3.79. The first-order valence-electron chi connectivity index (χ1n) is 4.29. The average Bonchev–Trinajstić information content (AvgIpc) is 2.04. The van der Waals surface area contributed by atoms with Crippen molar-refractivity contribution in [2.45, 2.75) is 25.8 Å². The Balaban J connectivity index is 3.13. The van der Waals surface area contributed by atoms with Crippen LogP contribution in [-0.2, 0) is 6.42 Å². The molecule has 0 atom stereocenters. The van der Waals surface area contributed by atoms with E-state index in [2.05, 4.69) is 15.9 Å². The normalized spacial score (nSPS) is 11.7. The van der Waals surface area contributed by atoms with Crippen LogP contribution in [0.25, 0.3) is 0 Å². The largest absolute Gasteiger partial charge is 0.504 e. The van der Waals surface area contributed by atoms with Gasteiger partial charge in [0.25, 0.3) is 0 Å². The molecule has 0 aromatic heterocycles. The Hall–Kier alpha value is -0.740. The molecule has 0 radical (unpaired) electrons. The highest BCUT2D eigenvalue weighted by atomic mass is 79.9. The number of rotatable bonds is 2. The van der Waals surface area contributed by atoms with E-state index in [1.54, 1.807) is 6.07 Å². The SMILES string of the molecule is CC(C)(N)Cc1c(Br)ccc(O)c1O. The van der Waals surface area contributed by atoms with Crippen LogP contribution in [0.5, 0.6) is 11.5 Å². The lowest BCUT2D eigenvalue weighted by Gasteiger charge is -2.20. The molecule has 0 bridgehead atoms. The number of hydrogen-bond donors (Lipinski definition) is 3. The number of nitrogens with two attached hydrogens (primary N) is 1. The molecule has 0 amide bonds. The summed E-state index contributed by atoms with van der Waals surface area (Å²) in [6.45, 7) is 3.73. The van der Waals surface area contributed by atoms with E-state index >= 15 is 0 Å². The van der Waals surface area contributed by atoms with Gasteiger partial charge in [-0.15, -0.1) is 0 Å². The van der Waals surface area contributed by atoms with Gasteiger partial charge in [-0.3, -0.25) is 0 Å². The van der Waals surface area contributed by atoms with E-state index in [9.17, 15) is 10.2 Å². The molecule has 0 saturated heterocycles. The zero-order chi connectivity index (χ0) is 10.9. The van der Waals surface area contributed by atoms with Gasteiger partial charge in [0, 0.05) is 15.6 Å². The Labute approximate surface area is 91.7 Å². The van der Waals surface area contributed by atoms with Gasteiger partial charge < -0.3 is 15.9 Å². The van der Waals surface area contributed by atoms with E-state index in [1.165, 1.54) is 6.07 Å². The monoisotopic (exact) mass is 259 g/mol. The molecule has 14 heavy (non-hydrogen) atoms. The summed E-state index contributed by atoms with van der Waals surface area (Å²) in [6.07, 6.45) is 0.494. The third kappa shape index (κ3) is 2.62. The minimum absolute atomic E-state index is 0.0992. The number of benzene rings is 1. The Bertz CT molecular complexity index is 345. The highest BCUT2D eigenvalue weighted by Gasteiger charge is 2.18. The molecule has 0 fully saturated rings. The van der Waals surface area contributed by atoms with Crippen molar-refractivity contribution in [3.05, 3.63) is 22.2 Å². The van der Waals surface area contributed by atoms with E-state index in [4.69, 9.17) is 5.73 Å². The van der Waals surface area contributed by atoms with E-state index in [0.29, 0.717) is 12.0 Å². The van der Waals surface area contributed by atoms with Crippen molar-refractivity contribution in [1.29, 1.82) is 0 Å². The third-order valence-corrected chi connectivity index (χ3v) is 2.58. The number of phenolic OH excluding ortho intramolecular Hbond substituents is 2. The molecular weight excluding hydrogens is 246 g/mol. The van der Waals surface area contributed by atoms with E-state index < -0.39 is 5.54 Å². The van der Waals surface area contributed by atoms with Gasteiger partial charge in [-0.25, -0.2) is 0 Å². The maximum absolute atomic E-state index is 9.61. The topological polar surface area (TPSA) is 66.5 Å². The van der Waals surface area contributed by atoms with Crippen molar-refractivity contribution in [3.8, 4) is 11.5 Å². The van der Waals surface area contributed by atoms with Crippen LogP contribution in [0.4, 0.5) is 0 Å². The fourth-order valence-electron chi connectivity index (χ4n) is 1.22. The number of aromatic hydroxyl groups is 2. The van der Waals surface area contributed by atoms with Crippen molar-refractivity contribution in [2.24, 2.45) is 5.73 Å². The first-order chi connectivity index (χ1) is 6.31. The molecule has 4 heteroatoms. The molecule has 3 nitrogen and oxygen atoms in total. The smallest absolute Gasteiger partial charge is 0.161 e. The van der Waals surface area contributed by atoms with Crippen molar-refractivity contribution < 1.29 is 10.2 Å². The molecule has 1 aromatic rings. The number of hydrogen-bond acceptors (Lipinski definition) is 3. The zero-order valence-electron chi connectivity index (χ0n) is 8.21. The molecule has 4 N–H and O–H groups in total. The minimum Gasteiger partial charge on any atom is -0.504 e. The van der Waals surface area contributed by atoms with Crippen LogP contribution in [-0.4, -0.2) is 15.8 Å². The molecule has 0 aliphatic carbocycles. The molecule has 0 aliphatic heterocycles. The third-order valence-electron chi connectivity index (χ3n) is 1.84. The van der Waals surface area contributed by atoms with Crippen LogP contribution in [0.15, 0.2) is 16.6 Å². The lowest BCUT2D eigenvalue weighted by atomic mass is 9.95. The Kier molecular flexibility index (Phi) is 3.07. The molecule has 0 saturated carbocycles.